The molecule has 8 nitrogen and oxygen atoms in total. The van der Waals surface area contributed by atoms with Gasteiger partial charge in [0.25, 0.3) is 10.0 Å². The third-order valence-corrected chi connectivity index (χ3v) is 8.84. The second-order valence-corrected chi connectivity index (χ2v) is 12.1. The van der Waals surface area contributed by atoms with E-state index in [4.69, 9.17) is 16.5 Å². The third-order valence-electron chi connectivity index (χ3n) is 7.32. The maximum atomic E-state index is 15.3. The summed E-state index contributed by atoms with van der Waals surface area (Å²) in [5.41, 5.74) is 15.6. The molecule has 1 saturated carbocycles. The fraction of sp³-hybridized carbons (Fsp3) is 0.357. The number of nitrogens with one attached hydrogen (secondary N) is 1. The third kappa shape index (κ3) is 4.74. The van der Waals surface area contributed by atoms with Gasteiger partial charge in [0.2, 0.25) is 0 Å². The molecule has 200 valence electrons. The largest absolute Gasteiger partial charge is 0.382 e. The van der Waals surface area contributed by atoms with Crippen LogP contribution in [0.3, 0.4) is 0 Å². The number of nitrogens with two attached hydrogens (primary N) is 2. The highest BCUT2D eigenvalue weighted by molar-refractivity contribution is 7.92. The second kappa shape index (κ2) is 9.99. The summed E-state index contributed by atoms with van der Waals surface area (Å²) in [6.45, 7) is 5.80. The predicted molar refractivity (Wildman–Crippen MR) is 148 cm³/mol. The number of hydrogen-bond donors (Lipinski definition) is 3. The normalized spacial score (nSPS) is 18.3. The van der Waals surface area contributed by atoms with Gasteiger partial charge in [0, 0.05) is 35.3 Å². The van der Waals surface area contributed by atoms with E-state index in [-0.39, 0.29) is 28.5 Å². The Balaban J connectivity index is 1.57. The Morgan fingerprint density at radius 3 is 2.47 bits per heavy atom. The SMILES string of the molecule is Cc1ccccc1S(=O)(=O)Nc1ccc(-c2nc(C(C)C)n3c(C4CCC(N)CC4)cnc(N)c23)cc1F. The van der Waals surface area contributed by atoms with Crippen molar-refractivity contribution in [2.24, 2.45) is 5.73 Å². The number of hydrogen-bond acceptors (Lipinski definition) is 6. The molecule has 1 fully saturated rings. The van der Waals surface area contributed by atoms with Crippen molar-refractivity contribution >= 4 is 27.0 Å². The van der Waals surface area contributed by atoms with Gasteiger partial charge in [0.05, 0.1) is 10.6 Å². The van der Waals surface area contributed by atoms with Crippen LogP contribution in [0.4, 0.5) is 15.9 Å². The number of sulfonamides is 1. The molecule has 0 amide bonds. The first-order valence-corrected chi connectivity index (χ1v) is 14.4. The lowest BCUT2D eigenvalue weighted by Crippen LogP contribution is -2.26. The van der Waals surface area contributed by atoms with Crippen LogP contribution in [0.25, 0.3) is 16.8 Å². The fourth-order valence-electron chi connectivity index (χ4n) is 5.28. The number of halogens is 1. The molecule has 0 spiro atoms. The molecule has 0 bridgehead atoms. The number of aromatic nitrogens is 3. The van der Waals surface area contributed by atoms with Gasteiger partial charge in [-0.1, -0.05) is 38.1 Å². The van der Waals surface area contributed by atoms with Crippen molar-refractivity contribution in [1.29, 1.82) is 0 Å². The topological polar surface area (TPSA) is 128 Å². The van der Waals surface area contributed by atoms with Crippen molar-refractivity contribution in [1.82, 2.24) is 14.4 Å². The minimum absolute atomic E-state index is 0.0766. The van der Waals surface area contributed by atoms with Gasteiger partial charge in [0.15, 0.2) is 0 Å². The van der Waals surface area contributed by atoms with E-state index in [0.29, 0.717) is 28.2 Å². The summed E-state index contributed by atoms with van der Waals surface area (Å²) in [7, 11) is -3.96. The van der Waals surface area contributed by atoms with Crippen molar-refractivity contribution in [3.8, 4) is 11.3 Å². The first-order valence-electron chi connectivity index (χ1n) is 12.9. The maximum absolute atomic E-state index is 15.3. The molecular weight excluding hydrogens is 503 g/mol. The van der Waals surface area contributed by atoms with Crippen molar-refractivity contribution in [2.75, 3.05) is 10.5 Å². The van der Waals surface area contributed by atoms with Crippen molar-refractivity contribution in [2.45, 2.75) is 69.2 Å². The molecular formula is C28H33FN6O2S. The Bertz CT molecular complexity index is 1610. The Morgan fingerprint density at radius 2 is 1.82 bits per heavy atom. The lowest BCUT2D eigenvalue weighted by molar-refractivity contribution is 0.387. The lowest BCUT2D eigenvalue weighted by atomic mass is 9.84. The first-order chi connectivity index (χ1) is 18.1. The van der Waals surface area contributed by atoms with E-state index < -0.39 is 15.8 Å². The molecule has 0 aliphatic heterocycles. The minimum atomic E-state index is -3.96. The number of anilines is 2. The smallest absolute Gasteiger partial charge is 0.262 e. The molecule has 2 heterocycles. The number of nitrogens with zero attached hydrogens (tertiary/aromatic N) is 3. The molecule has 0 unspecified atom stereocenters. The molecule has 0 radical (unpaired) electrons. The molecule has 5 N–H and O–H groups in total. The Hall–Kier alpha value is -3.50. The zero-order chi connectivity index (χ0) is 27.2. The van der Waals surface area contributed by atoms with E-state index in [1.807, 2.05) is 6.20 Å². The quantitative estimate of drug-likeness (QED) is 0.305. The van der Waals surface area contributed by atoms with Crippen LogP contribution in [-0.4, -0.2) is 28.8 Å². The zero-order valence-electron chi connectivity index (χ0n) is 21.8. The minimum Gasteiger partial charge on any atom is -0.382 e. The number of rotatable bonds is 6. The van der Waals surface area contributed by atoms with Crippen molar-refractivity contribution in [3.63, 3.8) is 0 Å². The Morgan fingerprint density at radius 1 is 1.11 bits per heavy atom. The number of nitrogen functional groups attached to an aromatic ring is 1. The molecule has 0 saturated heterocycles. The van der Waals surface area contributed by atoms with Crippen LogP contribution in [0.1, 0.15) is 68.4 Å². The number of imidazole rings is 1. The van der Waals surface area contributed by atoms with Crippen LogP contribution in [0, 0.1) is 12.7 Å². The average molecular weight is 537 g/mol. The molecule has 2 aromatic heterocycles. The average Bonchev–Trinajstić information content (AvgIpc) is 3.28. The summed E-state index contributed by atoms with van der Waals surface area (Å²) >= 11 is 0. The van der Waals surface area contributed by atoms with Crippen LogP contribution in [0.15, 0.2) is 53.6 Å². The highest BCUT2D eigenvalue weighted by Crippen LogP contribution is 2.38. The molecule has 1 aliphatic carbocycles. The van der Waals surface area contributed by atoms with E-state index in [9.17, 15) is 8.42 Å². The van der Waals surface area contributed by atoms with Gasteiger partial charge in [-0.05, 0) is 56.4 Å². The Kier molecular flexibility index (Phi) is 6.87. The van der Waals surface area contributed by atoms with Gasteiger partial charge in [-0.3, -0.25) is 9.12 Å². The van der Waals surface area contributed by atoms with Gasteiger partial charge in [-0.25, -0.2) is 22.8 Å². The van der Waals surface area contributed by atoms with E-state index in [2.05, 4.69) is 28.0 Å². The number of fused-ring (bicyclic) bond motifs is 1. The molecule has 4 aromatic rings. The first kappa shape index (κ1) is 26.1. The predicted octanol–water partition coefficient (Wildman–Crippen LogP) is 5.34. The van der Waals surface area contributed by atoms with Crippen LogP contribution in [-0.2, 0) is 10.0 Å². The Labute approximate surface area is 222 Å². The van der Waals surface area contributed by atoms with E-state index in [1.165, 1.54) is 18.2 Å². The van der Waals surface area contributed by atoms with Gasteiger partial charge < -0.3 is 11.5 Å². The summed E-state index contributed by atoms with van der Waals surface area (Å²) in [5, 5.41) is 0. The van der Waals surface area contributed by atoms with Gasteiger partial charge >= 0.3 is 0 Å². The van der Waals surface area contributed by atoms with E-state index >= 15 is 4.39 Å². The standard InChI is InChI=1S/C28H33FN6O2S/c1-16(2)28-33-25(26-27(31)32-15-23(35(26)28)18-8-11-20(30)12-9-18)19-10-13-22(21(29)14-19)34-38(36,37)24-7-5-4-6-17(24)3/h4-7,10,13-16,18,20,34H,8-9,11-12,30H2,1-3H3,(H2,31,32). The fourth-order valence-corrected chi connectivity index (χ4v) is 6.60. The van der Waals surface area contributed by atoms with Crippen LogP contribution >= 0.6 is 0 Å². The van der Waals surface area contributed by atoms with Crippen LogP contribution in [0.2, 0.25) is 0 Å². The summed E-state index contributed by atoms with van der Waals surface area (Å²) < 4.78 is 45.6. The summed E-state index contributed by atoms with van der Waals surface area (Å²) in [4.78, 5) is 9.50. The van der Waals surface area contributed by atoms with Crippen molar-refractivity contribution < 1.29 is 12.8 Å². The second-order valence-electron chi connectivity index (χ2n) is 10.4. The van der Waals surface area contributed by atoms with Crippen molar-refractivity contribution in [3.05, 3.63) is 71.6 Å². The highest BCUT2D eigenvalue weighted by Gasteiger charge is 2.27. The lowest BCUT2D eigenvalue weighted by Gasteiger charge is -2.27. The molecule has 10 heteroatoms. The molecule has 2 aromatic carbocycles. The monoisotopic (exact) mass is 536 g/mol. The van der Waals surface area contributed by atoms with Gasteiger partial charge in [-0.15, -0.1) is 0 Å². The summed E-state index contributed by atoms with van der Waals surface area (Å²) in [6.07, 6.45) is 5.63. The van der Waals surface area contributed by atoms with E-state index in [0.717, 1.165) is 37.2 Å². The van der Waals surface area contributed by atoms with Crippen LogP contribution in [0.5, 0.6) is 0 Å². The van der Waals surface area contributed by atoms with Gasteiger partial charge in [0.1, 0.15) is 28.7 Å². The highest BCUT2D eigenvalue weighted by atomic mass is 32.2. The number of benzene rings is 2. The number of aryl methyl sites for hydroxylation is 1. The molecule has 1 aliphatic rings. The van der Waals surface area contributed by atoms with Crippen LogP contribution < -0.4 is 16.2 Å². The zero-order valence-corrected chi connectivity index (χ0v) is 22.6. The van der Waals surface area contributed by atoms with Gasteiger partial charge in [-0.2, -0.15) is 0 Å². The molecule has 5 rings (SSSR count). The van der Waals surface area contributed by atoms with E-state index in [1.54, 1.807) is 31.2 Å². The molecule has 0 atom stereocenters. The molecule has 38 heavy (non-hydrogen) atoms. The maximum Gasteiger partial charge on any atom is 0.262 e. The summed E-state index contributed by atoms with van der Waals surface area (Å²) in [5.74, 6) is 0.766. The summed E-state index contributed by atoms with van der Waals surface area (Å²) in [6, 6.07) is 11.1.